The molecular formula is C27H39Cl2F4N3O. The van der Waals surface area contributed by atoms with E-state index in [1.165, 1.54) is 31.2 Å². The van der Waals surface area contributed by atoms with Crippen LogP contribution in [0.5, 0.6) is 0 Å². The van der Waals surface area contributed by atoms with Crippen molar-refractivity contribution in [1.82, 2.24) is 4.90 Å². The monoisotopic (exact) mass is 567 g/mol. The molecule has 10 heteroatoms. The first-order chi connectivity index (χ1) is 17.3. The minimum atomic E-state index is -2.84. The molecule has 0 unspecified atom stereocenters. The first-order valence-electron chi connectivity index (χ1n) is 12.3. The fourth-order valence-corrected chi connectivity index (χ4v) is 3.69. The number of carbonyl (C=O) groups is 1. The Hall–Kier alpha value is -1.90. The summed E-state index contributed by atoms with van der Waals surface area (Å²) in [6, 6.07) is 5.50. The highest BCUT2D eigenvalue weighted by Crippen LogP contribution is 2.28. The number of alkyl halides is 5. The summed E-state index contributed by atoms with van der Waals surface area (Å²) in [7, 11) is 0. The molecule has 0 radical (unpaired) electrons. The van der Waals surface area contributed by atoms with Gasteiger partial charge in [0.1, 0.15) is 0 Å². The van der Waals surface area contributed by atoms with Gasteiger partial charge in [-0.1, -0.05) is 56.7 Å². The van der Waals surface area contributed by atoms with E-state index in [1.54, 1.807) is 6.08 Å². The van der Waals surface area contributed by atoms with Crippen molar-refractivity contribution in [3.63, 3.8) is 0 Å². The van der Waals surface area contributed by atoms with Crippen LogP contribution in [0.2, 0.25) is 0 Å². The average Bonchev–Trinajstić information content (AvgIpc) is 2.83. The van der Waals surface area contributed by atoms with Gasteiger partial charge >= 0.3 is 0 Å². The van der Waals surface area contributed by atoms with Gasteiger partial charge in [-0.2, -0.15) is 0 Å². The fourth-order valence-electron chi connectivity index (χ4n) is 3.16. The Morgan fingerprint density at radius 3 is 2.11 bits per heavy atom. The van der Waals surface area contributed by atoms with Gasteiger partial charge in [0.25, 0.3) is 11.8 Å². The van der Waals surface area contributed by atoms with Crippen LogP contribution in [-0.2, 0) is 10.7 Å². The molecule has 1 N–H and O–H groups in total. The van der Waals surface area contributed by atoms with Gasteiger partial charge < -0.3 is 5.32 Å². The Labute approximate surface area is 228 Å². The van der Waals surface area contributed by atoms with Crippen molar-refractivity contribution in [2.75, 3.05) is 31.0 Å². The molecule has 0 saturated carbocycles. The lowest BCUT2D eigenvalue weighted by molar-refractivity contribution is -0.114. The van der Waals surface area contributed by atoms with Gasteiger partial charge in [-0.3, -0.25) is 14.7 Å². The Bertz CT molecular complexity index is 901. The Morgan fingerprint density at radius 2 is 1.68 bits per heavy atom. The molecule has 0 aromatic heterocycles. The topological polar surface area (TPSA) is 44.7 Å². The minimum absolute atomic E-state index is 0.0633. The maximum Gasteiger partial charge on any atom is 0.270 e. The SMILES string of the molecule is CC.CC(=O)Nc1ccc(C(C)(F)F)cc1.CC/C=C(C(\Cl)=C/CCl)/C(C)=N/CN1CCC(F)(F)CC1. The van der Waals surface area contributed by atoms with Crippen LogP contribution >= 0.6 is 23.2 Å². The molecule has 1 saturated heterocycles. The largest absolute Gasteiger partial charge is 0.326 e. The molecule has 1 aliphatic rings. The highest BCUT2D eigenvalue weighted by Gasteiger charge is 2.33. The molecule has 1 aliphatic heterocycles. The van der Waals surface area contributed by atoms with E-state index in [4.69, 9.17) is 23.2 Å². The molecule has 4 nitrogen and oxygen atoms in total. The highest BCUT2D eigenvalue weighted by atomic mass is 35.5. The maximum atomic E-state index is 13.1. The lowest BCUT2D eigenvalue weighted by Gasteiger charge is -2.30. The normalized spacial score (nSPS) is 16.7. The van der Waals surface area contributed by atoms with Gasteiger partial charge in [0.15, 0.2) is 0 Å². The van der Waals surface area contributed by atoms with Crippen molar-refractivity contribution in [3.8, 4) is 0 Å². The van der Waals surface area contributed by atoms with E-state index in [0.29, 0.717) is 36.4 Å². The zero-order valence-electron chi connectivity index (χ0n) is 22.5. The molecule has 0 spiro atoms. The second-order valence-electron chi connectivity index (χ2n) is 8.24. The van der Waals surface area contributed by atoms with Crippen LogP contribution < -0.4 is 5.32 Å². The quantitative estimate of drug-likeness (QED) is 0.148. The molecule has 1 amide bonds. The summed E-state index contributed by atoms with van der Waals surface area (Å²) in [6.07, 6.45) is 4.38. The van der Waals surface area contributed by atoms with Gasteiger partial charge in [0.05, 0.1) is 6.67 Å². The fraction of sp³-hybridized carbons (Fsp3) is 0.556. The minimum Gasteiger partial charge on any atom is -0.326 e. The highest BCUT2D eigenvalue weighted by molar-refractivity contribution is 6.36. The Balaban J connectivity index is 0.000000702. The van der Waals surface area contributed by atoms with Crippen LogP contribution in [0.3, 0.4) is 0 Å². The number of hydrogen-bond donors (Lipinski definition) is 1. The number of hydrogen-bond acceptors (Lipinski definition) is 3. The number of piperidine rings is 1. The van der Waals surface area contributed by atoms with Gasteiger partial charge in [-0.05, 0) is 25.5 Å². The van der Waals surface area contributed by atoms with Crippen molar-refractivity contribution in [2.24, 2.45) is 4.99 Å². The molecule has 1 heterocycles. The second kappa shape index (κ2) is 17.6. The van der Waals surface area contributed by atoms with E-state index >= 15 is 0 Å². The summed E-state index contributed by atoms with van der Waals surface area (Å²) in [5.74, 6) is -5.24. The van der Waals surface area contributed by atoms with Crippen LogP contribution in [-0.4, -0.2) is 48.1 Å². The van der Waals surface area contributed by atoms with E-state index in [-0.39, 0.29) is 24.3 Å². The number of amides is 1. The summed E-state index contributed by atoms with van der Waals surface area (Å²) in [5.41, 5.74) is 2.12. The zero-order valence-corrected chi connectivity index (χ0v) is 24.0. The van der Waals surface area contributed by atoms with E-state index in [1.807, 2.05) is 38.7 Å². The smallest absolute Gasteiger partial charge is 0.270 e. The van der Waals surface area contributed by atoms with Crippen LogP contribution in [0.15, 0.2) is 52.0 Å². The van der Waals surface area contributed by atoms with Crippen molar-refractivity contribution < 1.29 is 22.4 Å². The van der Waals surface area contributed by atoms with Gasteiger partial charge in [-0.15, -0.1) is 11.6 Å². The number of carbonyl (C=O) groups excluding carboxylic acids is 1. The van der Waals surface area contributed by atoms with Crippen LogP contribution in [0.1, 0.15) is 66.4 Å². The number of rotatable bonds is 8. The van der Waals surface area contributed by atoms with E-state index in [0.717, 1.165) is 24.6 Å². The predicted molar refractivity (Wildman–Crippen MR) is 148 cm³/mol. The molecule has 37 heavy (non-hydrogen) atoms. The predicted octanol–water partition coefficient (Wildman–Crippen LogP) is 8.62. The molecule has 1 aromatic rings. The summed E-state index contributed by atoms with van der Waals surface area (Å²) in [4.78, 5) is 17.0. The molecule has 210 valence electrons. The number of nitrogens with zero attached hydrogens (tertiary/aromatic N) is 2. The molecule has 1 aromatic carbocycles. The van der Waals surface area contributed by atoms with Gasteiger partial charge in [0.2, 0.25) is 5.91 Å². The molecule has 0 bridgehead atoms. The average molecular weight is 569 g/mol. The third-order valence-electron chi connectivity index (χ3n) is 5.12. The van der Waals surface area contributed by atoms with Crippen LogP contribution in [0.25, 0.3) is 0 Å². The Morgan fingerprint density at radius 1 is 1.14 bits per heavy atom. The standard InChI is InChI=1S/C15H22Cl2F2N2.C10H11F2NO.C2H6/c1-3-4-13(14(17)5-8-16)12(2)20-11-21-9-6-15(18,19)7-10-21;1-7(14)13-9-5-3-8(4-6-9)10(2,11)12;1-2/h4-5H,3,6-11H2,1-2H3;3-6H,1-2H3,(H,13,14);1-2H3/b13-4-,14-5+,20-12+;;. The van der Waals surface area contributed by atoms with Crippen LogP contribution in [0, 0.1) is 0 Å². The number of nitrogens with one attached hydrogen (secondary N) is 1. The number of benzene rings is 1. The van der Waals surface area contributed by atoms with E-state index in [9.17, 15) is 22.4 Å². The number of anilines is 1. The molecule has 1 fully saturated rings. The second-order valence-corrected chi connectivity index (χ2v) is 8.95. The summed E-state index contributed by atoms with van der Waals surface area (Å²) < 4.78 is 51.7. The van der Waals surface area contributed by atoms with E-state index < -0.39 is 11.8 Å². The summed E-state index contributed by atoms with van der Waals surface area (Å²) in [5, 5.41) is 3.08. The van der Waals surface area contributed by atoms with E-state index in [2.05, 4.69) is 10.3 Å². The third kappa shape index (κ3) is 14.6. The van der Waals surface area contributed by atoms with Gasteiger partial charge in [0, 0.05) is 73.2 Å². The molecule has 0 aliphatic carbocycles. The molecule has 2 rings (SSSR count). The number of halogens is 6. The Kier molecular flexibility index (Phi) is 16.7. The van der Waals surface area contributed by atoms with Crippen LogP contribution in [0.4, 0.5) is 23.2 Å². The number of aliphatic imine (C=N–C) groups is 1. The first kappa shape index (κ1) is 35.1. The van der Waals surface area contributed by atoms with Crippen molar-refractivity contribution in [1.29, 1.82) is 0 Å². The zero-order chi connectivity index (χ0) is 28.6. The lowest BCUT2D eigenvalue weighted by Crippen LogP contribution is -2.39. The number of allylic oxidation sites excluding steroid dienone is 4. The van der Waals surface area contributed by atoms with Crippen molar-refractivity contribution >= 4 is 40.5 Å². The van der Waals surface area contributed by atoms with Gasteiger partial charge in [-0.25, -0.2) is 17.6 Å². The van der Waals surface area contributed by atoms with Crippen molar-refractivity contribution in [3.05, 3.63) is 52.6 Å². The summed E-state index contributed by atoms with van der Waals surface area (Å²) >= 11 is 11.9. The number of likely N-dealkylation sites (tertiary alicyclic amines) is 1. The summed E-state index contributed by atoms with van der Waals surface area (Å²) in [6.45, 7) is 11.3. The molecular weight excluding hydrogens is 529 g/mol. The maximum absolute atomic E-state index is 13.1. The first-order valence-corrected chi connectivity index (χ1v) is 13.2. The van der Waals surface area contributed by atoms with Crippen molar-refractivity contribution in [2.45, 2.75) is 72.6 Å². The third-order valence-corrected chi connectivity index (χ3v) is 5.63. The molecule has 0 atom stereocenters. The lowest BCUT2D eigenvalue weighted by atomic mass is 10.1.